The van der Waals surface area contributed by atoms with Crippen LogP contribution in [-0.4, -0.2) is 60.3 Å². The number of carbonyl (C=O) groups excluding carboxylic acids is 1. The molecular weight excluding hydrogens is 270 g/mol. The summed E-state index contributed by atoms with van der Waals surface area (Å²) in [6.07, 6.45) is 1.85. The molecule has 21 heavy (non-hydrogen) atoms. The zero-order valence-corrected chi connectivity index (χ0v) is 12.9. The lowest BCUT2D eigenvalue weighted by molar-refractivity contribution is -0.141. The summed E-state index contributed by atoms with van der Waals surface area (Å²) >= 11 is 0. The maximum Gasteiger partial charge on any atom is 0.251 e. The normalized spacial score (nSPS) is 29.4. The fourth-order valence-corrected chi connectivity index (χ4v) is 3.31. The molecule has 0 unspecified atom stereocenters. The van der Waals surface area contributed by atoms with Gasteiger partial charge in [0.15, 0.2) is 0 Å². The summed E-state index contributed by atoms with van der Waals surface area (Å²) in [6, 6.07) is 1.97. The fourth-order valence-electron chi connectivity index (χ4n) is 3.31. The highest BCUT2D eigenvalue weighted by Gasteiger charge is 2.42. The van der Waals surface area contributed by atoms with Crippen molar-refractivity contribution in [1.82, 2.24) is 15.0 Å². The standard InChI is InChI=1S/C15H23N3O3/c1-10-6-12(16-21-10)8-18-5-4-11-7-13(15(19)17(2)3)20-14(11)9-18/h6,11,13-14H,4-5,7-9H2,1-3H3/t11-,13-,14+/m0/s1. The number of ether oxygens (including phenoxy) is 1. The van der Waals surface area contributed by atoms with E-state index in [0.29, 0.717) is 5.92 Å². The van der Waals surface area contributed by atoms with Gasteiger partial charge < -0.3 is 14.2 Å². The van der Waals surface area contributed by atoms with E-state index in [4.69, 9.17) is 9.26 Å². The van der Waals surface area contributed by atoms with Crippen LogP contribution >= 0.6 is 0 Å². The van der Waals surface area contributed by atoms with Crippen molar-refractivity contribution in [2.75, 3.05) is 27.2 Å². The Morgan fingerprint density at radius 3 is 3.00 bits per heavy atom. The molecule has 6 nitrogen and oxygen atoms in total. The summed E-state index contributed by atoms with van der Waals surface area (Å²) in [5, 5.41) is 4.04. The third-order valence-electron chi connectivity index (χ3n) is 4.41. The first-order valence-corrected chi connectivity index (χ1v) is 7.54. The van der Waals surface area contributed by atoms with Crippen molar-refractivity contribution in [2.24, 2.45) is 5.92 Å². The molecule has 0 bridgehead atoms. The number of likely N-dealkylation sites (tertiary alicyclic amines) is 1. The van der Waals surface area contributed by atoms with E-state index in [2.05, 4.69) is 10.1 Å². The summed E-state index contributed by atoms with van der Waals surface area (Å²) in [4.78, 5) is 16.0. The molecule has 2 aliphatic rings. The maximum absolute atomic E-state index is 12.0. The average Bonchev–Trinajstić information content (AvgIpc) is 3.03. The van der Waals surface area contributed by atoms with Gasteiger partial charge in [0.2, 0.25) is 0 Å². The Bertz CT molecular complexity index is 514. The number of hydrogen-bond donors (Lipinski definition) is 0. The number of carbonyl (C=O) groups is 1. The number of aryl methyl sites for hydroxylation is 1. The van der Waals surface area contributed by atoms with Crippen LogP contribution in [0.2, 0.25) is 0 Å². The van der Waals surface area contributed by atoms with Gasteiger partial charge in [-0.15, -0.1) is 0 Å². The van der Waals surface area contributed by atoms with E-state index >= 15 is 0 Å². The third-order valence-corrected chi connectivity index (χ3v) is 4.41. The van der Waals surface area contributed by atoms with E-state index in [-0.39, 0.29) is 18.1 Å². The van der Waals surface area contributed by atoms with Gasteiger partial charge in [0.1, 0.15) is 11.9 Å². The lowest BCUT2D eigenvalue weighted by Gasteiger charge is -2.33. The van der Waals surface area contributed by atoms with E-state index in [1.54, 1.807) is 19.0 Å². The van der Waals surface area contributed by atoms with Gasteiger partial charge in [0, 0.05) is 33.3 Å². The number of rotatable bonds is 3. The smallest absolute Gasteiger partial charge is 0.251 e. The van der Waals surface area contributed by atoms with Crippen molar-refractivity contribution < 1.29 is 14.1 Å². The molecule has 0 aliphatic carbocycles. The molecule has 0 radical (unpaired) electrons. The summed E-state index contributed by atoms with van der Waals surface area (Å²) in [5.74, 6) is 1.44. The first-order valence-electron chi connectivity index (χ1n) is 7.54. The Hall–Kier alpha value is -1.40. The number of hydrogen-bond acceptors (Lipinski definition) is 5. The van der Waals surface area contributed by atoms with E-state index < -0.39 is 0 Å². The Kier molecular flexibility index (Phi) is 3.99. The van der Waals surface area contributed by atoms with Crippen molar-refractivity contribution in [3.8, 4) is 0 Å². The minimum atomic E-state index is -0.260. The molecule has 116 valence electrons. The van der Waals surface area contributed by atoms with Crippen LogP contribution in [-0.2, 0) is 16.1 Å². The molecule has 0 saturated carbocycles. The molecule has 2 saturated heterocycles. The summed E-state index contributed by atoms with van der Waals surface area (Å²) in [5.41, 5.74) is 0.963. The largest absolute Gasteiger partial charge is 0.364 e. The van der Waals surface area contributed by atoms with Gasteiger partial charge in [0.05, 0.1) is 11.8 Å². The number of nitrogens with zero attached hydrogens (tertiary/aromatic N) is 3. The van der Waals surface area contributed by atoms with Crippen LogP contribution < -0.4 is 0 Å². The van der Waals surface area contributed by atoms with Crippen LogP contribution in [0, 0.1) is 12.8 Å². The minimum absolute atomic E-state index is 0.0862. The van der Waals surface area contributed by atoms with Crippen molar-refractivity contribution >= 4 is 5.91 Å². The molecule has 3 rings (SSSR count). The highest BCUT2D eigenvalue weighted by atomic mass is 16.5. The lowest BCUT2D eigenvalue weighted by Crippen LogP contribution is -2.42. The van der Waals surface area contributed by atoms with E-state index in [9.17, 15) is 4.79 Å². The second-order valence-electron chi connectivity index (χ2n) is 6.34. The predicted octanol–water partition coefficient (Wildman–Crippen LogP) is 1.05. The van der Waals surface area contributed by atoms with Crippen molar-refractivity contribution in [2.45, 2.75) is 38.5 Å². The van der Waals surface area contributed by atoms with Crippen LogP contribution in [0.3, 0.4) is 0 Å². The van der Waals surface area contributed by atoms with Crippen LogP contribution in [0.25, 0.3) is 0 Å². The summed E-state index contributed by atoms with van der Waals surface area (Å²) in [6.45, 7) is 4.59. The van der Waals surface area contributed by atoms with Crippen molar-refractivity contribution in [3.05, 3.63) is 17.5 Å². The number of fused-ring (bicyclic) bond motifs is 1. The molecule has 0 aromatic carbocycles. The third kappa shape index (κ3) is 3.11. The van der Waals surface area contributed by atoms with Gasteiger partial charge in [-0.1, -0.05) is 5.16 Å². The second kappa shape index (κ2) is 5.77. The molecule has 2 fully saturated rings. The molecule has 6 heteroatoms. The summed E-state index contributed by atoms with van der Waals surface area (Å²) < 4.78 is 11.1. The monoisotopic (exact) mass is 293 g/mol. The lowest BCUT2D eigenvalue weighted by atomic mass is 9.91. The topological polar surface area (TPSA) is 58.8 Å². The predicted molar refractivity (Wildman–Crippen MR) is 76.6 cm³/mol. The van der Waals surface area contributed by atoms with Gasteiger partial charge >= 0.3 is 0 Å². The van der Waals surface area contributed by atoms with Gasteiger partial charge in [-0.25, -0.2) is 0 Å². The molecule has 3 heterocycles. The van der Waals surface area contributed by atoms with Crippen LogP contribution in [0.5, 0.6) is 0 Å². The van der Waals surface area contributed by atoms with E-state index in [1.165, 1.54) is 0 Å². The molecule has 1 aromatic heterocycles. The Labute approximate surface area is 125 Å². The van der Waals surface area contributed by atoms with Crippen LogP contribution in [0.15, 0.2) is 10.6 Å². The second-order valence-corrected chi connectivity index (χ2v) is 6.34. The van der Waals surface area contributed by atoms with E-state index in [0.717, 1.165) is 43.9 Å². The van der Waals surface area contributed by atoms with Crippen molar-refractivity contribution in [1.29, 1.82) is 0 Å². The Morgan fingerprint density at radius 1 is 1.52 bits per heavy atom. The van der Waals surface area contributed by atoms with Crippen molar-refractivity contribution in [3.63, 3.8) is 0 Å². The number of likely N-dealkylation sites (N-methyl/N-ethyl adjacent to an activating group) is 1. The van der Waals surface area contributed by atoms with E-state index in [1.807, 2.05) is 13.0 Å². The number of aromatic nitrogens is 1. The zero-order chi connectivity index (χ0) is 15.0. The molecule has 1 aromatic rings. The molecule has 0 spiro atoms. The highest BCUT2D eigenvalue weighted by molar-refractivity contribution is 5.80. The SMILES string of the molecule is Cc1cc(CN2CC[C@H]3C[C@@H](C(=O)N(C)C)O[C@@H]3C2)no1. The number of amides is 1. The first kappa shape index (κ1) is 14.5. The Balaban J connectivity index is 1.57. The van der Waals surface area contributed by atoms with Gasteiger partial charge in [-0.2, -0.15) is 0 Å². The summed E-state index contributed by atoms with van der Waals surface area (Å²) in [7, 11) is 3.57. The fraction of sp³-hybridized carbons (Fsp3) is 0.733. The molecule has 2 aliphatic heterocycles. The van der Waals surface area contributed by atoms with Crippen LogP contribution in [0.4, 0.5) is 0 Å². The van der Waals surface area contributed by atoms with Crippen LogP contribution in [0.1, 0.15) is 24.3 Å². The van der Waals surface area contributed by atoms with Gasteiger partial charge in [-0.3, -0.25) is 9.69 Å². The van der Waals surface area contributed by atoms with Gasteiger partial charge in [-0.05, 0) is 32.2 Å². The molecule has 1 amide bonds. The highest BCUT2D eigenvalue weighted by Crippen LogP contribution is 2.34. The molecular formula is C15H23N3O3. The zero-order valence-electron chi connectivity index (χ0n) is 12.9. The Morgan fingerprint density at radius 2 is 2.33 bits per heavy atom. The number of piperidine rings is 1. The quantitative estimate of drug-likeness (QED) is 0.834. The maximum atomic E-state index is 12.0. The molecule has 3 atom stereocenters. The first-order chi connectivity index (χ1) is 10.0. The molecule has 0 N–H and O–H groups in total. The van der Waals surface area contributed by atoms with Gasteiger partial charge in [0.25, 0.3) is 5.91 Å². The minimum Gasteiger partial charge on any atom is -0.364 e. The average molecular weight is 293 g/mol.